The Bertz CT molecular complexity index is 480. The minimum atomic E-state index is 0.286. The molecule has 1 aromatic rings. The molecular formula is C15H22N4O. The van der Waals surface area contributed by atoms with E-state index >= 15 is 0 Å². The Morgan fingerprint density at radius 3 is 3.05 bits per heavy atom. The van der Waals surface area contributed by atoms with Gasteiger partial charge in [-0.3, -0.25) is 9.48 Å². The fourth-order valence-corrected chi connectivity index (χ4v) is 3.26. The van der Waals surface area contributed by atoms with E-state index in [4.69, 9.17) is 0 Å². The van der Waals surface area contributed by atoms with E-state index in [-0.39, 0.29) is 6.04 Å². The number of carbonyl (C=O) groups excluding carboxylic acids is 1. The molecule has 0 saturated carbocycles. The van der Waals surface area contributed by atoms with Crippen molar-refractivity contribution in [3.63, 3.8) is 0 Å². The maximum Gasteiger partial charge on any atom is 0.226 e. The van der Waals surface area contributed by atoms with Crippen LogP contribution in [-0.4, -0.2) is 38.4 Å². The van der Waals surface area contributed by atoms with E-state index in [1.165, 1.54) is 18.4 Å². The molecule has 108 valence electrons. The molecule has 1 aliphatic heterocycles. The van der Waals surface area contributed by atoms with Gasteiger partial charge in [0.1, 0.15) is 0 Å². The van der Waals surface area contributed by atoms with E-state index in [0.717, 1.165) is 38.8 Å². The Morgan fingerprint density at radius 2 is 2.30 bits per heavy atom. The first-order valence-corrected chi connectivity index (χ1v) is 7.64. The van der Waals surface area contributed by atoms with E-state index < -0.39 is 0 Å². The molecule has 0 bridgehead atoms. The molecular weight excluding hydrogens is 252 g/mol. The molecule has 1 fully saturated rings. The van der Waals surface area contributed by atoms with E-state index in [0.29, 0.717) is 12.3 Å². The minimum Gasteiger partial charge on any atom is -0.338 e. The lowest BCUT2D eigenvalue weighted by Gasteiger charge is -2.25. The van der Waals surface area contributed by atoms with Crippen LogP contribution in [-0.2, 0) is 11.3 Å². The predicted molar refractivity (Wildman–Crippen MR) is 75.9 cm³/mol. The zero-order valence-corrected chi connectivity index (χ0v) is 11.9. The first-order valence-electron chi connectivity index (χ1n) is 7.64. The molecule has 2 heterocycles. The number of hydrogen-bond donors (Lipinski definition) is 0. The molecule has 0 N–H and O–H groups in total. The standard InChI is InChI=1S/C15H22N4O/c20-15(11-13-5-2-1-3-6-13)19-9-4-7-14(19)12-18-10-8-16-17-18/h5,8,10,14H,1-4,6-7,9,11-12H2/t14-/m0/s1. The molecule has 0 unspecified atom stereocenters. The Balaban J connectivity index is 1.59. The summed E-state index contributed by atoms with van der Waals surface area (Å²) < 4.78 is 1.83. The van der Waals surface area contributed by atoms with Crippen molar-refractivity contribution in [1.82, 2.24) is 19.9 Å². The zero-order valence-electron chi connectivity index (χ0n) is 11.9. The van der Waals surface area contributed by atoms with Crippen LogP contribution in [0, 0.1) is 0 Å². The lowest BCUT2D eigenvalue weighted by atomic mass is 9.97. The molecule has 1 saturated heterocycles. The zero-order chi connectivity index (χ0) is 13.8. The molecule has 5 nitrogen and oxygen atoms in total. The monoisotopic (exact) mass is 274 g/mol. The SMILES string of the molecule is O=C(CC1=CCCCC1)N1CCC[C@H]1Cn1ccnn1. The van der Waals surface area contributed by atoms with Gasteiger partial charge in [0.2, 0.25) is 5.91 Å². The third-order valence-corrected chi connectivity index (χ3v) is 4.33. The Labute approximate surface area is 119 Å². The maximum absolute atomic E-state index is 12.5. The highest BCUT2D eigenvalue weighted by atomic mass is 16.2. The summed E-state index contributed by atoms with van der Waals surface area (Å²) in [5.74, 6) is 0.292. The Kier molecular flexibility index (Phi) is 4.14. The van der Waals surface area contributed by atoms with Crippen LogP contribution >= 0.6 is 0 Å². The lowest BCUT2D eigenvalue weighted by Crippen LogP contribution is -2.38. The molecule has 0 spiro atoms. The fraction of sp³-hybridized carbons (Fsp3) is 0.667. The van der Waals surface area contributed by atoms with Crippen molar-refractivity contribution in [1.29, 1.82) is 0 Å². The van der Waals surface area contributed by atoms with Crippen molar-refractivity contribution in [2.24, 2.45) is 0 Å². The van der Waals surface area contributed by atoms with E-state index in [1.54, 1.807) is 6.20 Å². The summed E-state index contributed by atoms with van der Waals surface area (Å²) in [6.07, 6.45) is 13.4. The molecule has 3 rings (SSSR count). The molecule has 20 heavy (non-hydrogen) atoms. The smallest absolute Gasteiger partial charge is 0.226 e. The largest absolute Gasteiger partial charge is 0.338 e. The molecule has 1 amide bonds. The predicted octanol–water partition coefficient (Wildman–Crippen LogP) is 2.16. The first-order chi connectivity index (χ1) is 9.83. The molecule has 1 aromatic heterocycles. The number of allylic oxidation sites excluding steroid dienone is 1. The summed E-state index contributed by atoms with van der Waals surface area (Å²) in [6, 6.07) is 0.286. The van der Waals surface area contributed by atoms with Gasteiger partial charge in [0.25, 0.3) is 0 Å². The summed E-state index contributed by atoms with van der Waals surface area (Å²) in [7, 11) is 0. The number of nitrogens with zero attached hydrogens (tertiary/aromatic N) is 4. The van der Waals surface area contributed by atoms with E-state index in [2.05, 4.69) is 21.3 Å². The molecule has 0 radical (unpaired) electrons. The van der Waals surface area contributed by atoms with Crippen LogP contribution in [0.4, 0.5) is 0 Å². The lowest BCUT2D eigenvalue weighted by molar-refractivity contribution is -0.131. The number of rotatable bonds is 4. The van der Waals surface area contributed by atoms with E-state index in [9.17, 15) is 4.79 Å². The average Bonchev–Trinajstić information content (AvgIpc) is 3.12. The van der Waals surface area contributed by atoms with Crippen molar-refractivity contribution in [3.8, 4) is 0 Å². The summed E-state index contributed by atoms with van der Waals surface area (Å²) in [4.78, 5) is 14.5. The highest BCUT2D eigenvalue weighted by Crippen LogP contribution is 2.24. The quantitative estimate of drug-likeness (QED) is 0.791. The van der Waals surface area contributed by atoms with Gasteiger partial charge < -0.3 is 4.90 Å². The van der Waals surface area contributed by atoms with Crippen LogP contribution < -0.4 is 0 Å². The maximum atomic E-state index is 12.5. The van der Waals surface area contributed by atoms with Crippen LogP contribution in [0.15, 0.2) is 24.0 Å². The average molecular weight is 274 g/mol. The summed E-state index contributed by atoms with van der Waals surface area (Å²) in [6.45, 7) is 1.66. The van der Waals surface area contributed by atoms with Crippen molar-refractivity contribution >= 4 is 5.91 Å². The van der Waals surface area contributed by atoms with Gasteiger partial charge in [-0.2, -0.15) is 0 Å². The molecule has 1 atom stereocenters. The number of likely N-dealkylation sites (tertiary alicyclic amines) is 1. The second-order valence-corrected chi connectivity index (χ2v) is 5.79. The number of hydrogen-bond acceptors (Lipinski definition) is 3. The third-order valence-electron chi connectivity index (χ3n) is 4.33. The second kappa shape index (κ2) is 6.20. The molecule has 5 heteroatoms. The summed E-state index contributed by atoms with van der Waals surface area (Å²) in [5.41, 5.74) is 1.34. The van der Waals surface area contributed by atoms with Crippen molar-refractivity contribution in [3.05, 3.63) is 24.0 Å². The van der Waals surface area contributed by atoms with Crippen molar-refractivity contribution in [2.45, 2.75) is 57.5 Å². The van der Waals surface area contributed by atoms with Gasteiger partial charge in [-0.1, -0.05) is 16.9 Å². The van der Waals surface area contributed by atoms with E-state index in [1.807, 2.05) is 10.9 Å². The molecule has 2 aliphatic rings. The van der Waals surface area contributed by atoms with Gasteiger partial charge in [-0.15, -0.1) is 5.10 Å². The highest BCUT2D eigenvalue weighted by molar-refractivity contribution is 5.79. The van der Waals surface area contributed by atoms with Gasteiger partial charge >= 0.3 is 0 Å². The second-order valence-electron chi connectivity index (χ2n) is 5.79. The highest BCUT2D eigenvalue weighted by Gasteiger charge is 2.29. The summed E-state index contributed by atoms with van der Waals surface area (Å²) in [5, 5.41) is 7.83. The Hall–Kier alpha value is -1.65. The summed E-state index contributed by atoms with van der Waals surface area (Å²) >= 11 is 0. The topological polar surface area (TPSA) is 51.0 Å². The van der Waals surface area contributed by atoms with Gasteiger partial charge in [-0.05, 0) is 38.5 Å². The van der Waals surface area contributed by atoms with Crippen LogP contribution in [0.25, 0.3) is 0 Å². The van der Waals surface area contributed by atoms with Gasteiger partial charge in [0.05, 0.1) is 18.8 Å². The Morgan fingerprint density at radius 1 is 1.35 bits per heavy atom. The minimum absolute atomic E-state index is 0.286. The van der Waals surface area contributed by atoms with Crippen LogP contribution in [0.2, 0.25) is 0 Å². The molecule has 1 aliphatic carbocycles. The normalized spacial score (nSPS) is 22.9. The fourth-order valence-electron chi connectivity index (χ4n) is 3.26. The molecule has 0 aromatic carbocycles. The third kappa shape index (κ3) is 3.08. The van der Waals surface area contributed by atoms with Gasteiger partial charge in [0.15, 0.2) is 0 Å². The number of carbonyl (C=O) groups is 1. The van der Waals surface area contributed by atoms with Crippen LogP contribution in [0.1, 0.15) is 44.9 Å². The van der Waals surface area contributed by atoms with Crippen molar-refractivity contribution < 1.29 is 4.79 Å². The van der Waals surface area contributed by atoms with Crippen LogP contribution in [0.3, 0.4) is 0 Å². The number of aromatic nitrogens is 3. The van der Waals surface area contributed by atoms with Gasteiger partial charge in [0, 0.05) is 19.2 Å². The van der Waals surface area contributed by atoms with Crippen molar-refractivity contribution in [2.75, 3.05) is 6.54 Å². The van der Waals surface area contributed by atoms with Gasteiger partial charge in [-0.25, -0.2) is 0 Å². The first kappa shape index (κ1) is 13.3. The number of amides is 1. The van der Waals surface area contributed by atoms with Crippen LogP contribution in [0.5, 0.6) is 0 Å².